The highest BCUT2D eigenvalue weighted by Gasteiger charge is 2.30. The first kappa shape index (κ1) is 17.0. The van der Waals surface area contributed by atoms with Gasteiger partial charge in [0.25, 0.3) is 5.91 Å². The molecule has 0 aliphatic carbocycles. The van der Waals surface area contributed by atoms with Crippen LogP contribution in [0.2, 0.25) is 0 Å². The number of carbonyl (C=O) groups is 2. The number of ether oxygens (including phenoxy) is 1. The van der Waals surface area contributed by atoms with Gasteiger partial charge in [0, 0.05) is 17.8 Å². The number of aryl methyl sites for hydroxylation is 1. The van der Waals surface area contributed by atoms with Crippen LogP contribution in [-0.2, 0) is 20.7 Å². The number of amides is 1. The van der Waals surface area contributed by atoms with Gasteiger partial charge in [0.2, 0.25) is 0 Å². The molecule has 1 aliphatic heterocycles. The van der Waals surface area contributed by atoms with Gasteiger partial charge in [0.15, 0.2) is 6.61 Å². The minimum Gasteiger partial charge on any atom is -0.452 e. The molecule has 2 aromatic rings. The van der Waals surface area contributed by atoms with Gasteiger partial charge >= 0.3 is 5.97 Å². The zero-order valence-electron chi connectivity index (χ0n) is 14.4. The van der Waals surface area contributed by atoms with Crippen LogP contribution < -0.4 is 4.90 Å². The van der Waals surface area contributed by atoms with Crippen molar-refractivity contribution in [1.82, 2.24) is 0 Å². The lowest BCUT2D eigenvalue weighted by atomic mass is 10.1. The maximum absolute atomic E-state index is 12.5. The van der Waals surface area contributed by atoms with Crippen LogP contribution in [0.25, 0.3) is 6.08 Å². The Balaban J connectivity index is 1.58. The normalized spacial score (nSPS) is 16.1. The summed E-state index contributed by atoms with van der Waals surface area (Å²) in [5.41, 5.74) is 4.10. The van der Waals surface area contributed by atoms with Gasteiger partial charge in [-0.25, -0.2) is 4.79 Å². The third-order valence-corrected chi connectivity index (χ3v) is 4.27. The summed E-state index contributed by atoms with van der Waals surface area (Å²) in [7, 11) is 0. The smallest absolute Gasteiger partial charge is 0.331 e. The summed E-state index contributed by atoms with van der Waals surface area (Å²) in [6, 6.07) is 15.7. The molecule has 1 atom stereocenters. The van der Waals surface area contributed by atoms with Gasteiger partial charge in [-0.3, -0.25) is 4.79 Å². The molecule has 1 heterocycles. The van der Waals surface area contributed by atoms with E-state index in [9.17, 15) is 9.59 Å². The molecular formula is C21H21NO3. The van der Waals surface area contributed by atoms with E-state index in [1.165, 1.54) is 6.08 Å². The van der Waals surface area contributed by atoms with E-state index in [1.54, 1.807) is 11.0 Å². The molecule has 0 fully saturated rings. The van der Waals surface area contributed by atoms with Gasteiger partial charge in [-0.15, -0.1) is 0 Å². The van der Waals surface area contributed by atoms with Crippen LogP contribution in [-0.4, -0.2) is 24.5 Å². The average molecular weight is 335 g/mol. The Morgan fingerprint density at radius 1 is 1.20 bits per heavy atom. The topological polar surface area (TPSA) is 46.6 Å². The fourth-order valence-corrected chi connectivity index (χ4v) is 3.13. The van der Waals surface area contributed by atoms with E-state index >= 15 is 0 Å². The van der Waals surface area contributed by atoms with Gasteiger partial charge in [0.05, 0.1) is 0 Å². The number of fused-ring (bicyclic) bond motifs is 1. The molecule has 4 heteroatoms. The van der Waals surface area contributed by atoms with Crippen LogP contribution in [0.1, 0.15) is 23.6 Å². The number of para-hydroxylation sites is 1. The SMILES string of the molecule is Cc1cccc(/C=C/C(=O)OCC(=O)N2c3ccccc3C[C@H]2C)c1. The quantitative estimate of drug-likeness (QED) is 0.634. The first-order valence-electron chi connectivity index (χ1n) is 8.36. The van der Waals surface area contributed by atoms with Crippen molar-refractivity contribution >= 4 is 23.6 Å². The Kier molecular flexibility index (Phi) is 4.98. The van der Waals surface area contributed by atoms with E-state index in [1.807, 2.05) is 62.4 Å². The van der Waals surface area contributed by atoms with E-state index in [4.69, 9.17) is 4.74 Å². The van der Waals surface area contributed by atoms with Crippen molar-refractivity contribution in [1.29, 1.82) is 0 Å². The van der Waals surface area contributed by atoms with Crippen molar-refractivity contribution in [3.05, 3.63) is 71.3 Å². The van der Waals surface area contributed by atoms with Crippen LogP contribution in [0.5, 0.6) is 0 Å². The molecule has 0 radical (unpaired) electrons. The van der Waals surface area contributed by atoms with Crippen molar-refractivity contribution in [2.45, 2.75) is 26.3 Å². The number of hydrogen-bond donors (Lipinski definition) is 0. The van der Waals surface area contributed by atoms with Gasteiger partial charge in [-0.05, 0) is 43.5 Å². The van der Waals surface area contributed by atoms with Crippen LogP contribution in [0.3, 0.4) is 0 Å². The monoisotopic (exact) mass is 335 g/mol. The standard InChI is InChI=1S/C21H21NO3/c1-15-6-5-7-17(12-15)10-11-21(24)25-14-20(23)22-16(2)13-18-8-3-4-9-19(18)22/h3-12,16H,13-14H2,1-2H3/b11-10+/t16-/m1/s1. The summed E-state index contributed by atoms with van der Waals surface area (Å²) < 4.78 is 5.11. The average Bonchev–Trinajstić information content (AvgIpc) is 2.93. The summed E-state index contributed by atoms with van der Waals surface area (Å²) in [6.45, 7) is 3.73. The molecule has 1 aliphatic rings. The third kappa shape index (κ3) is 3.97. The van der Waals surface area contributed by atoms with E-state index < -0.39 is 5.97 Å². The molecule has 128 valence electrons. The molecule has 25 heavy (non-hydrogen) atoms. The maximum Gasteiger partial charge on any atom is 0.331 e. The molecule has 0 saturated heterocycles. The third-order valence-electron chi connectivity index (χ3n) is 4.27. The number of esters is 1. The number of nitrogens with zero attached hydrogens (tertiary/aromatic N) is 1. The Labute approximate surface area is 147 Å². The Morgan fingerprint density at radius 2 is 2.00 bits per heavy atom. The predicted molar refractivity (Wildman–Crippen MR) is 98.3 cm³/mol. The number of hydrogen-bond acceptors (Lipinski definition) is 3. The van der Waals surface area contributed by atoms with E-state index in [0.29, 0.717) is 0 Å². The lowest BCUT2D eigenvalue weighted by Gasteiger charge is -2.22. The number of benzene rings is 2. The molecule has 0 aromatic heterocycles. The van der Waals surface area contributed by atoms with Crippen molar-refractivity contribution in [3.8, 4) is 0 Å². The van der Waals surface area contributed by atoms with E-state index in [0.717, 1.165) is 28.8 Å². The van der Waals surface area contributed by atoms with Gasteiger partial charge < -0.3 is 9.64 Å². The summed E-state index contributed by atoms with van der Waals surface area (Å²) in [5.74, 6) is -0.718. The second-order valence-electron chi connectivity index (χ2n) is 6.30. The lowest BCUT2D eigenvalue weighted by molar-refractivity contribution is -0.143. The number of carbonyl (C=O) groups excluding carboxylic acids is 2. The molecule has 0 saturated carbocycles. The predicted octanol–water partition coefficient (Wildman–Crippen LogP) is 3.53. The van der Waals surface area contributed by atoms with E-state index in [2.05, 4.69) is 0 Å². The highest BCUT2D eigenvalue weighted by molar-refractivity contribution is 5.98. The summed E-state index contributed by atoms with van der Waals surface area (Å²) >= 11 is 0. The van der Waals surface area contributed by atoms with Crippen LogP contribution >= 0.6 is 0 Å². The molecular weight excluding hydrogens is 314 g/mol. The minimum absolute atomic E-state index is 0.0754. The zero-order valence-corrected chi connectivity index (χ0v) is 14.4. The first-order valence-corrected chi connectivity index (χ1v) is 8.36. The van der Waals surface area contributed by atoms with Crippen molar-refractivity contribution in [3.63, 3.8) is 0 Å². The van der Waals surface area contributed by atoms with Gasteiger partial charge in [-0.2, -0.15) is 0 Å². The molecule has 0 unspecified atom stereocenters. The molecule has 0 N–H and O–H groups in total. The fraction of sp³-hybridized carbons (Fsp3) is 0.238. The first-order chi connectivity index (χ1) is 12.0. The maximum atomic E-state index is 12.5. The second kappa shape index (κ2) is 7.34. The highest BCUT2D eigenvalue weighted by atomic mass is 16.5. The Hall–Kier alpha value is -2.88. The second-order valence-corrected chi connectivity index (χ2v) is 6.30. The summed E-state index contributed by atoms with van der Waals surface area (Å²) in [4.78, 5) is 26.0. The van der Waals surface area contributed by atoms with Gasteiger partial charge in [0.1, 0.15) is 0 Å². The van der Waals surface area contributed by atoms with Crippen molar-refractivity contribution in [2.75, 3.05) is 11.5 Å². The Morgan fingerprint density at radius 3 is 2.80 bits per heavy atom. The highest BCUT2D eigenvalue weighted by Crippen LogP contribution is 2.31. The van der Waals surface area contributed by atoms with Crippen LogP contribution in [0.15, 0.2) is 54.6 Å². The molecule has 2 aromatic carbocycles. The van der Waals surface area contributed by atoms with Crippen LogP contribution in [0, 0.1) is 6.92 Å². The van der Waals surface area contributed by atoms with E-state index in [-0.39, 0.29) is 18.6 Å². The molecule has 3 rings (SSSR count). The molecule has 0 bridgehead atoms. The largest absolute Gasteiger partial charge is 0.452 e. The van der Waals surface area contributed by atoms with Crippen LogP contribution in [0.4, 0.5) is 5.69 Å². The van der Waals surface area contributed by atoms with Crippen molar-refractivity contribution < 1.29 is 14.3 Å². The molecule has 0 spiro atoms. The molecule has 4 nitrogen and oxygen atoms in total. The van der Waals surface area contributed by atoms with Crippen molar-refractivity contribution in [2.24, 2.45) is 0 Å². The summed E-state index contributed by atoms with van der Waals surface area (Å²) in [5, 5.41) is 0. The van der Waals surface area contributed by atoms with Gasteiger partial charge in [-0.1, -0.05) is 48.0 Å². The fourth-order valence-electron chi connectivity index (χ4n) is 3.13. The molecule has 1 amide bonds. The summed E-state index contributed by atoms with van der Waals surface area (Å²) in [6.07, 6.45) is 3.86. The number of anilines is 1. The number of rotatable bonds is 4. The minimum atomic E-state index is -0.519. The lowest BCUT2D eigenvalue weighted by Crippen LogP contribution is -2.38. The zero-order chi connectivity index (χ0) is 17.8. The Bertz CT molecular complexity index is 825.